The summed E-state index contributed by atoms with van der Waals surface area (Å²) in [5, 5.41) is 0.512. The molecule has 0 spiro atoms. The fraction of sp³-hybridized carbons (Fsp3) is 0.0556. The van der Waals surface area contributed by atoms with Gasteiger partial charge >= 0.3 is 0 Å². The van der Waals surface area contributed by atoms with E-state index >= 15 is 4.39 Å². The van der Waals surface area contributed by atoms with Gasteiger partial charge in [-0.05, 0) is 29.8 Å². The summed E-state index contributed by atoms with van der Waals surface area (Å²) in [6.07, 6.45) is 8.42. The monoisotopic (exact) mass is 304 g/mol. The number of imidazole rings is 1. The van der Waals surface area contributed by atoms with E-state index in [0.29, 0.717) is 16.5 Å². The van der Waals surface area contributed by atoms with Crippen molar-refractivity contribution in [2.24, 2.45) is 0 Å². The summed E-state index contributed by atoms with van der Waals surface area (Å²) < 4.78 is 15.1. The number of aromatic nitrogens is 4. The van der Waals surface area contributed by atoms with Crippen LogP contribution in [0.25, 0.3) is 10.9 Å². The highest BCUT2D eigenvalue weighted by Gasteiger charge is 2.23. The van der Waals surface area contributed by atoms with Crippen LogP contribution >= 0.6 is 0 Å². The summed E-state index contributed by atoms with van der Waals surface area (Å²) >= 11 is 0. The number of benzene rings is 1. The van der Waals surface area contributed by atoms with Gasteiger partial charge in [-0.15, -0.1) is 0 Å². The first-order valence-corrected chi connectivity index (χ1v) is 7.26. The second-order valence-corrected chi connectivity index (χ2v) is 5.27. The average Bonchev–Trinajstić information content (AvgIpc) is 3.13. The van der Waals surface area contributed by atoms with Gasteiger partial charge in [-0.3, -0.25) is 9.97 Å². The van der Waals surface area contributed by atoms with Gasteiger partial charge in [0.15, 0.2) is 0 Å². The first-order valence-electron chi connectivity index (χ1n) is 7.26. The third-order valence-corrected chi connectivity index (χ3v) is 3.91. The predicted octanol–water partition coefficient (Wildman–Crippen LogP) is 3.67. The Morgan fingerprint density at radius 2 is 1.87 bits per heavy atom. The molecular formula is C18H13FN4. The molecule has 3 aromatic heterocycles. The van der Waals surface area contributed by atoms with Gasteiger partial charge < -0.3 is 4.98 Å². The van der Waals surface area contributed by atoms with E-state index in [1.165, 1.54) is 0 Å². The van der Waals surface area contributed by atoms with Crippen LogP contribution in [0.15, 0.2) is 67.5 Å². The van der Waals surface area contributed by atoms with E-state index in [-0.39, 0.29) is 11.7 Å². The van der Waals surface area contributed by atoms with Crippen LogP contribution < -0.4 is 0 Å². The Balaban J connectivity index is 1.96. The van der Waals surface area contributed by atoms with E-state index < -0.39 is 0 Å². The first-order chi connectivity index (χ1) is 11.3. The molecule has 5 heteroatoms. The average molecular weight is 304 g/mol. The SMILES string of the molecule is Fc1c(C(c2cccnc2)c2cnc[nH]2)ccc2ncccc12. The molecule has 1 N–H and O–H groups in total. The van der Waals surface area contributed by atoms with E-state index in [2.05, 4.69) is 19.9 Å². The molecule has 1 aromatic carbocycles. The van der Waals surface area contributed by atoms with Gasteiger partial charge in [0.25, 0.3) is 0 Å². The predicted molar refractivity (Wildman–Crippen MR) is 85.5 cm³/mol. The van der Waals surface area contributed by atoms with Crippen molar-refractivity contribution < 1.29 is 4.39 Å². The van der Waals surface area contributed by atoms with Crippen LogP contribution in [0.2, 0.25) is 0 Å². The molecule has 0 saturated carbocycles. The molecule has 0 fully saturated rings. The normalized spacial score (nSPS) is 12.4. The maximum atomic E-state index is 15.1. The van der Waals surface area contributed by atoms with Crippen LogP contribution in [-0.2, 0) is 0 Å². The zero-order chi connectivity index (χ0) is 15.6. The fourth-order valence-corrected chi connectivity index (χ4v) is 2.85. The molecule has 23 heavy (non-hydrogen) atoms. The topological polar surface area (TPSA) is 54.5 Å². The van der Waals surface area contributed by atoms with E-state index in [4.69, 9.17) is 0 Å². The Morgan fingerprint density at radius 3 is 2.65 bits per heavy atom. The number of hydrogen-bond donors (Lipinski definition) is 1. The molecule has 0 aliphatic rings. The van der Waals surface area contributed by atoms with Gasteiger partial charge in [0.05, 0.1) is 17.8 Å². The largest absolute Gasteiger partial charge is 0.348 e. The molecule has 0 aliphatic carbocycles. The van der Waals surface area contributed by atoms with Crippen LogP contribution in [-0.4, -0.2) is 19.9 Å². The molecule has 4 nitrogen and oxygen atoms in total. The van der Waals surface area contributed by atoms with Crippen molar-refractivity contribution in [2.45, 2.75) is 5.92 Å². The van der Waals surface area contributed by atoms with E-state index in [1.54, 1.807) is 49.3 Å². The molecule has 0 aliphatic heterocycles. The molecule has 4 rings (SSSR count). The molecule has 1 unspecified atom stereocenters. The second kappa shape index (κ2) is 5.61. The third-order valence-electron chi connectivity index (χ3n) is 3.91. The second-order valence-electron chi connectivity index (χ2n) is 5.27. The quantitative estimate of drug-likeness (QED) is 0.628. The maximum absolute atomic E-state index is 15.1. The zero-order valence-electron chi connectivity index (χ0n) is 12.1. The fourth-order valence-electron chi connectivity index (χ4n) is 2.85. The van der Waals surface area contributed by atoms with Gasteiger partial charge in [0, 0.05) is 41.4 Å². The van der Waals surface area contributed by atoms with Crippen molar-refractivity contribution in [1.82, 2.24) is 19.9 Å². The summed E-state index contributed by atoms with van der Waals surface area (Å²) in [7, 11) is 0. The van der Waals surface area contributed by atoms with E-state index in [1.807, 2.05) is 18.2 Å². The van der Waals surface area contributed by atoms with Crippen LogP contribution in [0.4, 0.5) is 4.39 Å². The van der Waals surface area contributed by atoms with Gasteiger partial charge in [-0.2, -0.15) is 0 Å². The van der Waals surface area contributed by atoms with Gasteiger partial charge in [-0.25, -0.2) is 9.37 Å². The van der Waals surface area contributed by atoms with Crippen molar-refractivity contribution in [3.63, 3.8) is 0 Å². The number of halogens is 1. The van der Waals surface area contributed by atoms with Crippen molar-refractivity contribution in [2.75, 3.05) is 0 Å². The number of nitrogens with zero attached hydrogens (tertiary/aromatic N) is 3. The number of rotatable bonds is 3. The minimum Gasteiger partial charge on any atom is -0.348 e. The lowest BCUT2D eigenvalue weighted by atomic mass is 9.88. The smallest absolute Gasteiger partial charge is 0.136 e. The highest BCUT2D eigenvalue weighted by Crippen LogP contribution is 2.34. The number of hydrogen-bond acceptors (Lipinski definition) is 3. The van der Waals surface area contributed by atoms with Gasteiger partial charge in [-0.1, -0.05) is 12.1 Å². The number of H-pyrrole nitrogens is 1. The Kier molecular flexibility index (Phi) is 3.31. The van der Waals surface area contributed by atoms with Crippen molar-refractivity contribution in [3.8, 4) is 0 Å². The Hall–Kier alpha value is -3.08. The highest BCUT2D eigenvalue weighted by molar-refractivity contribution is 5.80. The van der Waals surface area contributed by atoms with Crippen molar-refractivity contribution in [3.05, 3.63) is 90.2 Å². The minimum atomic E-state index is -0.296. The van der Waals surface area contributed by atoms with Gasteiger partial charge in [0.2, 0.25) is 0 Å². The van der Waals surface area contributed by atoms with Crippen LogP contribution in [0, 0.1) is 5.82 Å². The van der Waals surface area contributed by atoms with E-state index in [0.717, 1.165) is 11.3 Å². The lowest BCUT2D eigenvalue weighted by molar-refractivity contribution is 0.617. The lowest BCUT2D eigenvalue weighted by Crippen LogP contribution is -2.07. The van der Waals surface area contributed by atoms with Crippen LogP contribution in [0.1, 0.15) is 22.7 Å². The highest BCUT2D eigenvalue weighted by atomic mass is 19.1. The zero-order valence-corrected chi connectivity index (χ0v) is 12.1. The molecule has 0 amide bonds. The molecule has 3 heterocycles. The lowest BCUT2D eigenvalue weighted by Gasteiger charge is -2.17. The molecule has 0 saturated heterocycles. The number of aromatic amines is 1. The van der Waals surface area contributed by atoms with Gasteiger partial charge in [0.1, 0.15) is 5.82 Å². The number of nitrogens with one attached hydrogen (secondary N) is 1. The standard InChI is InChI=1S/C18H13FN4/c19-18-13-4-2-8-22-15(13)6-5-14(18)17(16-10-21-11-23-16)12-3-1-7-20-9-12/h1-11,17H,(H,21,23). The van der Waals surface area contributed by atoms with E-state index in [9.17, 15) is 0 Å². The summed E-state index contributed by atoms with van der Waals surface area (Å²) in [5.74, 6) is -0.560. The molecule has 0 bridgehead atoms. The molecule has 112 valence electrons. The Morgan fingerprint density at radius 1 is 0.957 bits per heavy atom. The first kappa shape index (κ1) is 13.6. The van der Waals surface area contributed by atoms with Crippen LogP contribution in [0.5, 0.6) is 0 Å². The Labute approximate surface area is 132 Å². The summed E-state index contributed by atoms with van der Waals surface area (Å²) in [4.78, 5) is 15.5. The molecule has 4 aromatic rings. The summed E-state index contributed by atoms with van der Waals surface area (Å²) in [6, 6.07) is 10.9. The number of pyridine rings is 2. The molecule has 0 radical (unpaired) electrons. The molecular weight excluding hydrogens is 291 g/mol. The molecule has 1 atom stereocenters. The number of fused-ring (bicyclic) bond motifs is 1. The summed E-state index contributed by atoms with van der Waals surface area (Å²) in [6.45, 7) is 0. The van der Waals surface area contributed by atoms with Crippen molar-refractivity contribution >= 4 is 10.9 Å². The van der Waals surface area contributed by atoms with Crippen LogP contribution in [0.3, 0.4) is 0 Å². The maximum Gasteiger partial charge on any atom is 0.136 e. The Bertz CT molecular complexity index is 936. The third kappa shape index (κ3) is 2.36. The summed E-state index contributed by atoms with van der Waals surface area (Å²) in [5.41, 5.74) is 2.94. The van der Waals surface area contributed by atoms with Crippen molar-refractivity contribution in [1.29, 1.82) is 0 Å². The minimum absolute atomic E-state index is 0.265.